The van der Waals surface area contributed by atoms with Crippen LogP contribution in [0, 0.1) is 0 Å². The number of rotatable bonds is 3. The first kappa shape index (κ1) is 18.8. The van der Waals surface area contributed by atoms with Crippen LogP contribution in [0.15, 0.2) is 12.1 Å². The smallest absolute Gasteiger partial charge is 0.197 e. The normalized spacial score (nSPS) is 21.3. The molecule has 0 amide bonds. The van der Waals surface area contributed by atoms with Crippen molar-refractivity contribution in [3.05, 3.63) is 23.7 Å². The molecular formula is C18H28N6O2S. The second-order valence-corrected chi connectivity index (χ2v) is 10.5. The molecule has 0 aromatic carbocycles. The van der Waals surface area contributed by atoms with Gasteiger partial charge >= 0.3 is 0 Å². The summed E-state index contributed by atoms with van der Waals surface area (Å²) >= 11 is 0. The van der Waals surface area contributed by atoms with Crippen LogP contribution < -0.4 is 0 Å². The molecule has 0 bridgehead atoms. The molecule has 0 atom stereocenters. The van der Waals surface area contributed by atoms with Crippen molar-refractivity contribution in [2.45, 2.75) is 57.8 Å². The van der Waals surface area contributed by atoms with Crippen molar-refractivity contribution in [3.8, 4) is 0 Å². The van der Waals surface area contributed by atoms with Gasteiger partial charge in [0.1, 0.15) is 0 Å². The first-order valence-electron chi connectivity index (χ1n) is 9.75. The number of hydrogen-bond donors (Lipinski definition) is 0. The van der Waals surface area contributed by atoms with Gasteiger partial charge < -0.3 is 0 Å². The van der Waals surface area contributed by atoms with Crippen LogP contribution in [-0.2, 0) is 15.6 Å². The zero-order valence-electron chi connectivity index (χ0n) is 16.3. The topological polar surface area (TPSA) is 83.7 Å². The summed E-state index contributed by atoms with van der Waals surface area (Å²) in [5, 5.41) is 13.4. The lowest BCUT2D eigenvalue weighted by atomic mass is 9.92. The van der Waals surface area contributed by atoms with Crippen molar-refractivity contribution in [1.29, 1.82) is 0 Å². The SMILES string of the molecule is CC(C)(C)c1ccc2nnc(C3CCN(S(=O)(=O)N4CCCC4)CC3)n2n1. The molecule has 0 spiro atoms. The summed E-state index contributed by atoms with van der Waals surface area (Å²) < 4.78 is 30.6. The second-order valence-electron chi connectivity index (χ2n) is 8.58. The van der Waals surface area contributed by atoms with Gasteiger partial charge in [0.05, 0.1) is 5.69 Å². The molecule has 0 aliphatic carbocycles. The number of fused-ring (bicyclic) bond motifs is 1. The maximum absolute atomic E-state index is 12.8. The highest BCUT2D eigenvalue weighted by Crippen LogP contribution is 2.30. The molecule has 0 radical (unpaired) electrons. The lowest BCUT2D eigenvalue weighted by Crippen LogP contribution is -2.46. The van der Waals surface area contributed by atoms with Gasteiger partial charge in [-0.1, -0.05) is 20.8 Å². The Hall–Kier alpha value is -1.58. The minimum atomic E-state index is -3.31. The Morgan fingerprint density at radius 3 is 2.22 bits per heavy atom. The fraction of sp³-hybridized carbons (Fsp3) is 0.722. The van der Waals surface area contributed by atoms with Crippen LogP contribution in [0.1, 0.15) is 63.9 Å². The summed E-state index contributed by atoms with van der Waals surface area (Å²) in [6, 6.07) is 3.95. The molecule has 4 heterocycles. The average molecular weight is 393 g/mol. The monoisotopic (exact) mass is 392 g/mol. The Labute approximate surface area is 160 Å². The third-order valence-electron chi connectivity index (χ3n) is 5.59. The van der Waals surface area contributed by atoms with Gasteiger partial charge in [-0.25, -0.2) is 0 Å². The second kappa shape index (κ2) is 6.79. The molecule has 2 aromatic heterocycles. The molecule has 27 heavy (non-hydrogen) atoms. The Bertz CT molecular complexity index is 919. The van der Waals surface area contributed by atoms with E-state index in [0.717, 1.165) is 42.8 Å². The summed E-state index contributed by atoms with van der Waals surface area (Å²) in [6.07, 6.45) is 3.41. The van der Waals surface area contributed by atoms with E-state index in [4.69, 9.17) is 5.10 Å². The van der Waals surface area contributed by atoms with Crippen LogP contribution in [0.5, 0.6) is 0 Å². The van der Waals surface area contributed by atoms with E-state index in [1.165, 1.54) is 0 Å². The van der Waals surface area contributed by atoms with E-state index in [0.29, 0.717) is 26.2 Å². The van der Waals surface area contributed by atoms with Gasteiger partial charge in [0.2, 0.25) is 0 Å². The van der Waals surface area contributed by atoms with Crippen LogP contribution in [0.2, 0.25) is 0 Å². The van der Waals surface area contributed by atoms with E-state index >= 15 is 0 Å². The largest absolute Gasteiger partial charge is 0.281 e. The highest BCUT2D eigenvalue weighted by molar-refractivity contribution is 7.86. The summed E-state index contributed by atoms with van der Waals surface area (Å²) in [5.74, 6) is 1.02. The summed E-state index contributed by atoms with van der Waals surface area (Å²) in [7, 11) is -3.31. The Kier molecular flexibility index (Phi) is 4.72. The fourth-order valence-electron chi connectivity index (χ4n) is 3.89. The van der Waals surface area contributed by atoms with Crippen LogP contribution in [0.25, 0.3) is 5.65 Å². The maximum atomic E-state index is 12.8. The third-order valence-corrected chi connectivity index (χ3v) is 7.63. The maximum Gasteiger partial charge on any atom is 0.281 e. The third kappa shape index (κ3) is 3.48. The molecule has 8 nitrogen and oxygen atoms in total. The van der Waals surface area contributed by atoms with Crippen LogP contribution in [0.4, 0.5) is 0 Å². The first-order chi connectivity index (χ1) is 12.8. The zero-order valence-corrected chi connectivity index (χ0v) is 17.1. The number of hydrogen-bond acceptors (Lipinski definition) is 5. The van der Waals surface area contributed by atoms with Crippen molar-refractivity contribution < 1.29 is 8.42 Å². The Morgan fingerprint density at radius 2 is 1.59 bits per heavy atom. The number of piperidine rings is 1. The van der Waals surface area contributed by atoms with Gasteiger partial charge in [-0.05, 0) is 37.8 Å². The van der Waals surface area contributed by atoms with Crippen molar-refractivity contribution in [2.24, 2.45) is 0 Å². The molecule has 0 N–H and O–H groups in total. The molecule has 0 unspecified atom stereocenters. The van der Waals surface area contributed by atoms with Crippen molar-refractivity contribution in [3.63, 3.8) is 0 Å². The van der Waals surface area contributed by atoms with Gasteiger partial charge in [0, 0.05) is 37.5 Å². The van der Waals surface area contributed by atoms with Crippen molar-refractivity contribution >= 4 is 15.9 Å². The predicted octanol–water partition coefficient (Wildman–Crippen LogP) is 1.94. The minimum absolute atomic E-state index is 0.0527. The van der Waals surface area contributed by atoms with E-state index in [9.17, 15) is 8.42 Å². The quantitative estimate of drug-likeness (QED) is 0.797. The Morgan fingerprint density at radius 1 is 0.963 bits per heavy atom. The fourth-order valence-corrected chi connectivity index (χ4v) is 5.61. The van der Waals surface area contributed by atoms with E-state index in [1.54, 1.807) is 8.61 Å². The Balaban J connectivity index is 1.53. The number of nitrogens with zero attached hydrogens (tertiary/aromatic N) is 6. The van der Waals surface area contributed by atoms with Gasteiger partial charge in [-0.15, -0.1) is 10.2 Å². The summed E-state index contributed by atoms with van der Waals surface area (Å²) in [5.41, 5.74) is 1.68. The average Bonchev–Trinajstić information content (AvgIpc) is 3.31. The summed E-state index contributed by atoms with van der Waals surface area (Å²) in [4.78, 5) is 0. The summed E-state index contributed by atoms with van der Waals surface area (Å²) in [6.45, 7) is 8.74. The minimum Gasteiger partial charge on any atom is -0.197 e. The van der Waals surface area contributed by atoms with Gasteiger partial charge in [0.15, 0.2) is 11.5 Å². The van der Waals surface area contributed by atoms with Crippen LogP contribution in [0.3, 0.4) is 0 Å². The molecule has 4 rings (SSSR count). The van der Waals surface area contributed by atoms with Crippen molar-refractivity contribution in [2.75, 3.05) is 26.2 Å². The highest BCUT2D eigenvalue weighted by Gasteiger charge is 2.35. The lowest BCUT2D eigenvalue weighted by Gasteiger charge is -2.33. The van der Waals surface area contributed by atoms with E-state index in [-0.39, 0.29) is 11.3 Å². The lowest BCUT2D eigenvalue weighted by molar-refractivity contribution is 0.290. The molecule has 2 aliphatic rings. The van der Waals surface area contributed by atoms with E-state index in [2.05, 4.69) is 31.0 Å². The van der Waals surface area contributed by atoms with Crippen LogP contribution in [-0.4, -0.2) is 63.0 Å². The predicted molar refractivity (Wildman–Crippen MR) is 103 cm³/mol. The molecule has 2 fully saturated rings. The van der Waals surface area contributed by atoms with E-state index < -0.39 is 10.2 Å². The molecule has 148 valence electrons. The molecular weight excluding hydrogens is 364 g/mol. The number of aromatic nitrogens is 4. The van der Waals surface area contributed by atoms with Crippen LogP contribution >= 0.6 is 0 Å². The molecule has 9 heteroatoms. The van der Waals surface area contributed by atoms with Gasteiger partial charge in [-0.3, -0.25) is 0 Å². The standard InChI is InChI=1S/C18H28N6O2S/c1-18(2,3)15-6-7-16-19-20-17(24(16)21-15)14-8-12-23(13-9-14)27(25,26)22-10-4-5-11-22/h6-7,14H,4-5,8-13H2,1-3H3. The van der Waals surface area contributed by atoms with E-state index in [1.807, 2.05) is 16.6 Å². The highest BCUT2D eigenvalue weighted by atomic mass is 32.2. The molecule has 0 saturated carbocycles. The van der Waals surface area contributed by atoms with Gasteiger partial charge in [-0.2, -0.15) is 26.6 Å². The first-order valence-corrected chi connectivity index (χ1v) is 11.1. The molecule has 2 aromatic rings. The molecule has 2 aliphatic heterocycles. The molecule has 2 saturated heterocycles. The van der Waals surface area contributed by atoms with Crippen molar-refractivity contribution in [1.82, 2.24) is 28.4 Å². The zero-order chi connectivity index (χ0) is 19.2. The van der Waals surface area contributed by atoms with Gasteiger partial charge in [0.25, 0.3) is 10.2 Å².